The predicted octanol–water partition coefficient (Wildman–Crippen LogP) is 3.41. The molecule has 1 aliphatic rings. The zero-order chi connectivity index (χ0) is 13.7. The molecule has 0 aliphatic heterocycles. The standard InChI is InChI=1S/C14H13FN4S/c1-19-12(17-10-2-3-10)5-11-14(19)20-13(18-11)8-4-9(15)7-16-6-8/h4-7,10,17H,2-3H2,1H3. The fraction of sp³-hybridized carbons (Fsp3) is 0.286. The summed E-state index contributed by atoms with van der Waals surface area (Å²) in [6.45, 7) is 0. The zero-order valence-electron chi connectivity index (χ0n) is 10.9. The summed E-state index contributed by atoms with van der Waals surface area (Å²) in [5.41, 5.74) is 1.67. The Morgan fingerprint density at radius 3 is 2.90 bits per heavy atom. The normalized spacial score (nSPS) is 14.9. The van der Waals surface area contributed by atoms with Gasteiger partial charge in [-0.25, -0.2) is 9.37 Å². The molecular formula is C14H13FN4S. The number of pyridine rings is 1. The summed E-state index contributed by atoms with van der Waals surface area (Å²) >= 11 is 1.56. The van der Waals surface area contributed by atoms with Crippen molar-refractivity contribution in [3.8, 4) is 10.6 Å². The van der Waals surface area contributed by atoms with Gasteiger partial charge in [-0.2, -0.15) is 0 Å². The molecule has 0 aromatic carbocycles. The van der Waals surface area contributed by atoms with Gasteiger partial charge in [0.05, 0.1) is 6.20 Å². The van der Waals surface area contributed by atoms with Crippen LogP contribution < -0.4 is 5.32 Å². The minimum atomic E-state index is -0.335. The van der Waals surface area contributed by atoms with Crippen molar-refractivity contribution in [3.63, 3.8) is 0 Å². The molecule has 4 nitrogen and oxygen atoms in total. The van der Waals surface area contributed by atoms with Crippen LogP contribution in [0.15, 0.2) is 24.5 Å². The zero-order valence-corrected chi connectivity index (χ0v) is 11.7. The molecule has 1 N–H and O–H groups in total. The van der Waals surface area contributed by atoms with E-state index in [0.29, 0.717) is 6.04 Å². The third kappa shape index (κ3) is 1.96. The highest BCUT2D eigenvalue weighted by atomic mass is 32.1. The van der Waals surface area contributed by atoms with E-state index >= 15 is 0 Å². The van der Waals surface area contributed by atoms with Crippen LogP contribution in [0.3, 0.4) is 0 Å². The second-order valence-electron chi connectivity index (χ2n) is 5.11. The minimum absolute atomic E-state index is 0.335. The molecule has 20 heavy (non-hydrogen) atoms. The third-order valence-electron chi connectivity index (χ3n) is 3.46. The van der Waals surface area contributed by atoms with Crippen LogP contribution in [0.25, 0.3) is 20.9 Å². The summed E-state index contributed by atoms with van der Waals surface area (Å²) in [7, 11) is 2.03. The Hall–Kier alpha value is -1.95. The summed E-state index contributed by atoms with van der Waals surface area (Å²) in [6, 6.07) is 4.14. The molecule has 1 fully saturated rings. The van der Waals surface area contributed by atoms with Gasteiger partial charge in [-0.15, -0.1) is 0 Å². The highest BCUT2D eigenvalue weighted by molar-refractivity contribution is 7.21. The van der Waals surface area contributed by atoms with E-state index in [9.17, 15) is 4.39 Å². The van der Waals surface area contributed by atoms with Gasteiger partial charge >= 0.3 is 0 Å². The first-order valence-corrected chi connectivity index (χ1v) is 7.36. The van der Waals surface area contributed by atoms with Gasteiger partial charge in [-0.3, -0.25) is 4.98 Å². The Morgan fingerprint density at radius 2 is 2.20 bits per heavy atom. The van der Waals surface area contributed by atoms with Gasteiger partial charge in [0.1, 0.15) is 27.0 Å². The molecule has 6 heteroatoms. The molecule has 0 atom stereocenters. The molecule has 1 aliphatic carbocycles. The monoisotopic (exact) mass is 288 g/mol. The van der Waals surface area contributed by atoms with E-state index in [2.05, 4.69) is 25.9 Å². The molecule has 0 amide bonds. The Labute approximate surface area is 119 Å². The van der Waals surface area contributed by atoms with Crippen molar-refractivity contribution in [1.82, 2.24) is 14.5 Å². The number of nitrogens with zero attached hydrogens (tertiary/aromatic N) is 3. The fourth-order valence-electron chi connectivity index (χ4n) is 2.22. The molecular weight excluding hydrogens is 275 g/mol. The maximum atomic E-state index is 13.2. The average molecular weight is 288 g/mol. The first kappa shape index (κ1) is 11.8. The molecule has 0 radical (unpaired) electrons. The summed E-state index contributed by atoms with van der Waals surface area (Å²) in [5, 5.41) is 4.29. The van der Waals surface area contributed by atoms with E-state index in [1.807, 2.05) is 7.05 Å². The first-order chi connectivity index (χ1) is 9.70. The molecule has 0 unspecified atom stereocenters. The van der Waals surface area contributed by atoms with Gasteiger partial charge in [-0.1, -0.05) is 11.3 Å². The fourth-order valence-corrected chi connectivity index (χ4v) is 3.22. The molecule has 3 aromatic rings. The van der Waals surface area contributed by atoms with E-state index < -0.39 is 0 Å². The Kier molecular flexibility index (Phi) is 2.53. The van der Waals surface area contributed by atoms with Gasteiger partial charge in [0.15, 0.2) is 0 Å². The van der Waals surface area contributed by atoms with E-state index in [0.717, 1.165) is 26.7 Å². The van der Waals surface area contributed by atoms with Crippen molar-refractivity contribution in [2.75, 3.05) is 5.32 Å². The van der Waals surface area contributed by atoms with Gasteiger partial charge in [0.2, 0.25) is 0 Å². The number of aryl methyl sites for hydroxylation is 1. The molecule has 1 saturated carbocycles. The van der Waals surface area contributed by atoms with Gasteiger partial charge in [0.25, 0.3) is 0 Å². The van der Waals surface area contributed by atoms with Crippen LogP contribution in [-0.4, -0.2) is 20.6 Å². The average Bonchev–Trinajstić information content (AvgIpc) is 3.07. The minimum Gasteiger partial charge on any atom is -0.369 e. The number of rotatable bonds is 3. The van der Waals surface area contributed by atoms with Crippen LogP contribution in [0.4, 0.5) is 10.2 Å². The summed E-state index contributed by atoms with van der Waals surface area (Å²) in [4.78, 5) is 9.55. The highest BCUT2D eigenvalue weighted by Crippen LogP contribution is 2.34. The number of thiazole rings is 1. The first-order valence-electron chi connectivity index (χ1n) is 6.54. The van der Waals surface area contributed by atoms with Crippen LogP contribution in [0.1, 0.15) is 12.8 Å². The van der Waals surface area contributed by atoms with Gasteiger partial charge in [0, 0.05) is 30.9 Å². The van der Waals surface area contributed by atoms with Gasteiger partial charge in [-0.05, 0) is 18.9 Å². The molecule has 4 rings (SSSR count). The molecule has 0 spiro atoms. The maximum Gasteiger partial charge on any atom is 0.142 e. The largest absolute Gasteiger partial charge is 0.369 e. The Morgan fingerprint density at radius 1 is 1.35 bits per heavy atom. The van der Waals surface area contributed by atoms with E-state index in [1.54, 1.807) is 17.5 Å². The quantitative estimate of drug-likeness (QED) is 0.803. The lowest BCUT2D eigenvalue weighted by molar-refractivity contribution is 0.622. The number of aromatic nitrogens is 3. The topological polar surface area (TPSA) is 42.7 Å². The number of hydrogen-bond acceptors (Lipinski definition) is 4. The number of nitrogens with one attached hydrogen (secondary N) is 1. The van der Waals surface area contributed by atoms with E-state index in [1.165, 1.54) is 25.1 Å². The van der Waals surface area contributed by atoms with Crippen molar-refractivity contribution in [1.29, 1.82) is 0 Å². The molecule has 102 valence electrons. The number of fused-ring (bicyclic) bond motifs is 1. The van der Waals surface area contributed by atoms with Crippen LogP contribution in [-0.2, 0) is 7.05 Å². The smallest absolute Gasteiger partial charge is 0.142 e. The molecule has 3 heterocycles. The third-order valence-corrected chi connectivity index (χ3v) is 4.65. The van der Waals surface area contributed by atoms with Crippen molar-refractivity contribution in [2.24, 2.45) is 7.05 Å². The summed E-state index contributed by atoms with van der Waals surface area (Å²) < 4.78 is 15.3. The molecule has 0 saturated heterocycles. The Bertz CT molecular complexity index is 788. The SMILES string of the molecule is Cn1c(NC2CC2)cc2nc(-c3cncc(F)c3)sc21. The van der Waals surface area contributed by atoms with Crippen LogP contribution >= 0.6 is 11.3 Å². The van der Waals surface area contributed by atoms with Crippen molar-refractivity contribution >= 4 is 27.5 Å². The lowest BCUT2D eigenvalue weighted by Gasteiger charge is -2.05. The summed E-state index contributed by atoms with van der Waals surface area (Å²) in [6.07, 6.45) is 5.33. The molecule has 3 aromatic heterocycles. The van der Waals surface area contributed by atoms with Crippen LogP contribution in [0, 0.1) is 5.82 Å². The lowest BCUT2D eigenvalue weighted by Crippen LogP contribution is -2.04. The van der Waals surface area contributed by atoms with Crippen LogP contribution in [0.2, 0.25) is 0 Å². The van der Waals surface area contributed by atoms with Crippen molar-refractivity contribution < 1.29 is 4.39 Å². The Balaban J connectivity index is 1.75. The lowest BCUT2D eigenvalue weighted by atomic mass is 10.3. The highest BCUT2D eigenvalue weighted by Gasteiger charge is 2.23. The summed E-state index contributed by atoms with van der Waals surface area (Å²) in [5.74, 6) is 0.767. The van der Waals surface area contributed by atoms with E-state index in [4.69, 9.17) is 0 Å². The van der Waals surface area contributed by atoms with Gasteiger partial charge < -0.3 is 9.88 Å². The van der Waals surface area contributed by atoms with E-state index in [-0.39, 0.29) is 5.82 Å². The second-order valence-corrected chi connectivity index (χ2v) is 6.09. The number of anilines is 1. The van der Waals surface area contributed by atoms with Crippen molar-refractivity contribution in [2.45, 2.75) is 18.9 Å². The van der Waals surface area contributed by atoms with Crippen LogP contribution in [0.5, 0.6) is 0 Å². The second kappa shape index (κ2) is 4.28. The maximum absolute atomic E-state index is 13.2. The number of halogens is 1. The number of hydrogen-bond donors (Lipinski definition) is 1. The molecule has 0 bridgehead atoms. The predicted molar refractivity (Wildman–Crippen MR) is 78.4 cm³/mol. The van der Waals surface area contributed by atoms with Crippen molar-refractivity contribution in [3.05, 3.63) is 30.3 Å².